The summed E-state index contributed by atoms with van der Waals surface area (Å²) in [4.78, 5) is 2.33. The highest BCUT2D eigenvalue weighted by molar-refractivity contribution is 5.76. The number of nitrogens with one attached hydrogen (secondary N) is 1. The molecule has 0 spiro atoms. The summed E-state index contributed by atoms with van der Waals surface area (Å²) in [5.41, 5.74) is 5.39. The molecule has 0 rings (SSSR count). The largest absolute Gasteiger partial charge is 0.388 e. The van der Waals surface area contributed by atoms with Crippen LogP contribution in [0.2, 0.25) is 0 Å². The molecule has 0 radical (unpaired) electrons. The monoisotopic (exact) mass is 243 g/mol. The molecule has 0 aromatic rings. The van der Waals surface area contributed by atoms with Gasteiger partial charge in [-0.05, 0) is 11.8 Å². The number of rotatable bonds is 10. The van der Waals surface area contributed by atoms with Gasteiger partial charge in [-0.15, -0.1) is 0 Å². The average molecular weight is 243 g/mol. The predicted octanol–water partition coefficient (Wildman–Crippen LogP) is 1.94. The van der Waals surface area contributed by atoms with E-state index >= 15 is 0 Å². The molecule has 0 aliphatic heterocycles. The van der Waals surface area contributed by atoms with Crippen molar-refractivity contribution in [1.29, 1.82) is 5.41 Å². The maximum Gasteiger partial charge on any atom is 0.0918 e. The van der Waals surface area contributed by atoms with E-state index in [4.69, 9.17) is 15.9 Å². The number of nitrogens with two attached hydrogens (primary N) is 1. The molecule has 0 atom stereocenters. The van der Waals surface area contributed by atoms with Crippen LogP contribution in [0.15, 0.2) is 0 Å². The van der Waals surface area contributed by atoms with E-state index in [1.54, 1.807) is 0 Å². The van der Waals surface area contributed by atoms with Gasteiger partial charge in [-0.1, -0.05) is 27.7 Å². The third-order valence-electron chi connectivity index (χ3n) is 2.32. The van der Waals surface area contributed by atoms with E-state index in [2.05, 4.69) is 32.6 Å². The molecule has 17 heavy (non-hydrogen) atoms. The fourth-order valence-corrected chi connectivity index (χ4v) is 1.60. The molecule has 0 aromatic heterocycles. The van der Waals surface area contributed by atoms with Crippen molar-refractivity contribution in [3.05, 3.63) is 0 Å². The van der Waals surface area contributed by atoms with Crippen LogP contribution in [-0.2, 0) is 4.74 Å². The van der Waals surface area contributed by atoms with Crippen LogP contribution in [-0.4, -0.2) is 43.6 Å². The summed E-state index contributed by atoms with van der Waals surface area (Å²) in [7, 11) is 0. The second-order valence-electron chi connectivity index (χ2n) is 5.44. The van der Waals surface area contributed by atoms with Crippen molar-refractivity contribution in [2.75, 3.05) is 32.8 Å². The molecule has 4 heteroatoms. The van der Waals surface area contributed by atoms with Crippen LogP contribution in [0.25, 0.3) is 0 Å². The van der Waals surface area contributed by atoms with Gasteiger partial charge in [0, 0.05) is 32.7 Å². The van der Waals surface area contributed by atoms with Crippen LogP contribution < -0.4 is 5.73 Å². The Morgan fingerprint density at radius 1 is 1.18 bits per heavy atom. The fraction of sp³-hybridized carbons (Fsp3) is 0.923. The van der Waals surface area contributed by atoms with Crippen molar-refractivity contribution in [1.82, 2.24) is 4.90 Å². The van der Waals surface area contributed by atoms with Crippen molar-refractivity contribution < 1.29 is 4.74 Å². The van der Waals surface area contributed by atoms with Crippen molar-refractivity contribution in [2.45, 2.75) is 34.1 Å². The maximum absolute atomic E-state index is 7.26. The predicted molar refractivity (Wildman–Crippen MR) is 73.5 cm³/mol. The molecule has 3 N–H and O–H groups in total. The van der Waals surface area contributed by atoms with E-state index in [1.165, 1.54) is 0 Å². The van der Waals surface area contributed by atoms with Gasteiger partial charge in [0.1, 0.15) is 0 Å². The Hall–Kier alpha value is -0.610. The lowest BCUT2D eigenvalue weighted by molar-refractivity contribution is 0.0829. The third kappa shape index (κ3) is 11.6. The standard InChI is InChI=1S/C13H29N3O/c1-11(2)9-16(6-5-13(14)15)7-8-17-10-12(3)4/h11-12H,5-10H2,1-4H3,(H3,14,15). The van der Waals surface area contributed by atoms with Gasteiger partial charge in [-0.2, -0.15) is 0 Å². The molecule has 102 valence electrons. The summed E-state index contributed by atoms with van der Waals surface area (Å²) in [5, 5.41) is 7.26. The number of ether oxygens (including phenoxy) is 1. The SMILES string of the molecule is CC(C)COCCN(CCC(=N)N)CC(C)C. The molecule has 0 amide bonds. The van der Waals surface area contributed by atoms with E-state index in [-0.39, 0.29) is 5.84 Å². The highest BCUT2D eigenvalue weighted by Crippen LogP contribution is 2.00. The summed E-state index contributed by atoms with van der Waals surface area (Å²) in [6.45, 7) is 13.1. The van der Waals surface area contributed by atoms with Crippen LogP contribution >= 0.6 is 0 Å². The fourth-order valence-electron chi connectivity index (χ4n) is 1.60. The lowest BCUT2D eigenvalue weighted by Gasteiger charge is -2.24. The summed E-state index contributed by atoms with van der Waals surface area (Å²) in [5.74, 6) is 1.49. The Balaban J connectivity index is 3.80. The van der Waals surface area contributed by atoms with Crippen molar-refractivity contribution in [2.24, 2.45) is 17.6 Å². The normalized spacial score (nSPS) is 11.7. The van der Waals surface area contributed by atoms with E-state index in [9.17, 15) is 0 Å². The Bertz CT molecular complexity index is 205. The number of hydrogen-bond acceptors (Lipinski definition) is 3. The summed E-state index contributed by atoms with van der Waals surface area (Å²) < 4.78 is 5.59. The summed E-state index contributed by atoms with van der Waals surface area (Å²) in [6.07, 6.45) is 0.650. The molecule has 0 aliphatic rings. The number of hydrogen-bond donors (Lipinski definition) is 2. The van der Waals surface area contributed by atoms with E-state index < -0.39 is 0 Å². The van der Waals surface area contributed by atoms with Crippen molar-refractivity contribution in [3.63, 3.8) is 0 Å². The maximum atomic E-state index is 7.26. The van der Waals surface area contributed by atoms with E-state index in [1.807, 2.05) is 0 Å². The van der Waals surface area contributed by atoms with Crippen molar-refractivity contribution >= 4 is 5.84 Å². The first-order chi connectivity index (χ1) is 7.91. The van der Waals surface area contributed by atoms with Crippen LogP contribution in [0.5, 0.6) is 0 Å². The lowest BCUT2D eigenvalue weighted by atomic mass is 10.2. The van der Waals surface area contributed by atoms with Crippen LogP contribution in [0.3, 0.4) is 0 Å². The quantitative estimate of drug-likeness (QED) is 0.350. The minimum absolute atomic E-state index is 0.266. The Kier molecular flexibility index (Phi) is 9.09. The zero-order valence-electron chi connectivity index (χ0n) is 11.8. The van der Waals surface area contributed by atoms with Crippen molar-refractivity contribution in [3.8, 4) is 0 Å². The minimum atomic E-state index is 0.266. The first-order valence-electron chi connectivity index (χ1n) is 6.54. The molecule has 0 saturated carbocycles. The zero-order valence-corrected chi connectivity index (χ0v) is 11.8. The van der Waals surface area contributed by atoms with Gasteiger partial charge >= 0.3 is 0 Å². The molecule has 0 fully saturated rings. The molecule has 0 saturated heterocycles. The van der Waals surface area contributed by atoms with Gasteiger partial charge in [0.2, 0.25) is 0 Å². The molecular weight excluding hydrogens is 214 g/mol. The van der Waals surface area contributed by atoms with Gasteiger partial charge in [0.05, 0.1) is 12.4 Å². The van der Waals surface area contributed by atoms with Gasteiger partial charge < -0.3 is 15.4 Å². The second-order valence-corrected chi connectivity index (χ2v) is 5.44. The topological polar surface area (TPSA) is 62.3 Å². The van der Waals surface area contributed by atoms with E-state index in [0.717, 1.165) is 32.8 Å². The van der Waals surface area contributed by atoms with Gasteiger partial charge in [0.15, 0.2) is 0 Å². The van der Waals surface area contributed by atoms with Crippen LogP contribution in [0.4, 0.5) is 0 Å². The van der Waals surface area contributed by atoms with E-state index in [0.29, 0.717) is 18.3 Å². The first kappa shape index (κ1) is 16.4. The van der Waals surface area contributed by atoms with Gasteiger partial charge in [0.25, 0.3) is 0 Å². The highest BCUT2D eigenvalue weighted by atomic mass is 16.5. The summed E-state index contributed by atoms with van der Waals surface area (Å²) >= 11 is 0. The van der Waals surface area contributed by atoms with Gasteiger partial charge in [-0.3, -0.25) is 5.41 Å². The van der Waals surface area contributed by atoms with Crippen LogP contribution in [0.1, 0.15) is 34.1 Å². The second kappa shape index (κ2) is 9.42. The Morgan fingerprint density at radius 3 is 2.29 bits per heavy atom. The highest BCUT2D eigenvalue weighted by Gasteiger charge is 2.07. The number of nitrogens with zero attached hydrogens (tertiary/aromatic N) is 1. The minimum Gasteiger partial charge on any atom is -0.388 e. The molecule has 0 aliphatic carbocycles. The smallest absolute Gasteiger partial charge is 0.0918 e. The molecular formula is C13H29N3O. The Morgan fingerprint density at radius 2 is 1.82 bits per heavy atom. The average Bonchev–Trinajstić information content (AvgIpc) is 2.19. The van der Waals surface area contributed by atoms with Gasteiger partial charge in [-0.25, -0.2) is 0 Å². The van der Waals surface area contributed by atoms with Crippen LogP contribution in [0, 0.1) is 17.2 Å². The first-order valence-corrected chi connectivity index (χ1v) is 6.54. The Labute approximate surface area is 106 Å². The third-order valence-corrected chi connectivity index (χ3v) is 2.32. The number of amidine groups is 1. The molecule has 0 heterocycles. The zero-order chi connectivity index (χ0) is 13.3. The lowest BCUT2D eigenvalue weighted by Crippen LogP contribution is -2.34. The molecule has 0 bridgehead atoms. The summed E-state index contributed by atoms with van der Waals surface area (Å²) in [6, 6.07) is 0. The molecule has 4 nitrogen and oxygen atoms in total. The molecule has 0 aromatic carbocycles. The molecule has 0 unspecified atom stereocenters.